The minimum absolute atomic E-state index is 0.0812. The van der Waals surface area contributed by atoms with Gasteiger partial charge in [0.05, 0.1) is 6.54 Å². The standard InChI is InChI=1S/C10H16N4O/c1-7-4-10(15)13-9(12-7)6-14-3-2-8(14)5-11/h4,8H,2-3,5-6,11H2,1H3,(H,12,13,15). The molecule has 0 aromatic carbocycles. The second-order valence-corrected chi connectivity index (χ2v) is 3.98. The van der Waals surface area contributed by atoms with Crippen molar-refractivity contribution in [1.82, 2.24) is 14.9 Å². The lowest BCUT2D eigenvalue weighted by Gasteiger charge is -2.39. The van der Waals surface area contributed by atoms with Crippen LogP contribution in [0.25, 0.3) is 0 Å². The fourth-order valence-corrected chi connectivity index (χ4v) is 1.88. The van der Waals surface area contributed by atoms with E-state index in [-0.39, 0.29) is 5.56 Å². The van der Waals surface area contributed by atoms with E-state index in [1.54, 1.807) is 0 Å². The first kappa shape index (κ1) is 10.3. The van der Waals surface area contributed by atoms with Gasteiger partial charge in [-0.05, 0) is 13.3 Å². The molecule has 1 unspecified atom stereocenters. The van der Waals surface area contributed by atoms with E-state index in [1.807, 2.05) is 6.92 Å². The second-order valence-electron chi connectivity index (χ2n) is 3.98. The van der Waals surface area contributed by atoms with Crippen LogP contribution in [0.1, 0.15) is 17.9 Å². The minimum Gasteiger partial charge on any atom is -0.329 e. The SMILES string of the molecule is Cc1cc(=O)[nH]c(CN2CCC2CN)n1. The molecule has 2 heterocycles. The van der Waals surface area contributed by atoms with E-state index in [9.17, 15) is 4.79 Å². The number of hydrogen-bond acceptors (Lipinski definition) is 4. The first-order valence-corrected chi connectivity index (χ1v) is 5.20. The van der Waals surface area contributed by atoms with Gasteiger partial charge in [-0.25, -0.2) is 4.98 Å². The topological polar surface area (TPSA) is 75.0 Å². The van der Waals surface area contributed by atoms with Gasteiger partial charge in [-0.3, -0.25) is 9.69 Å². The highest BCUT2D eigenvalue weighted by atomic mass is 16.1. The van der Waals surface area contributed by atoms with E-state index >= 15 is 0 Å². The number of rotatable bonds is 3. The summed E-state index contributed by atoms with van der Waals surface area (Å²) in [5.41, 5.74) is 6.29. The number of likely N-dealkylation sites (tertiary alicyclic amines) is 1. The molecule has 1 aromatic heterocycles. The molecule has 82 valence electrons. The maximum atomic E-state index is 11.2. The Bertz CT molecular complexity index is 399. The fraction of sp³-hybridized carbons (Fsp3) is 0.600. The zero-order valence-corrected chi connectivity index (χ0v) is 8.86. The number of hydrogen-bond donors (Lipinski definition) is 2. The molecule has 1 saturated heterocycles. The van der Waals surface area contributed by atoms with Gasteiger partial charge in [0, 0.05) is 30.9 Å². The van der Waals surface area contributed by atoms with E-state index in [0.717, 1.165) is 24.5 Å². The summed E-state index contributed by atoms with van der Waals surface area (Å²) in [7, 11) is 0. The minimum atomic E-state index is -0.0812. The molecule has 0 amide bonds. The first-order chi connectivity index (χ1) is 7.19. The maximum absolute atomic E-state index is 11.2. The van der Waals surface area contributed by atoms with Crippen molar-refractivity contribution in [3.63, 3.8) is 0 Å². The van der Waals surface area contributed by atoms with E-state index in [1.165, 1.54) is 6.07 Å². The number of aromatic nitrogens is 2. The summed E-state index contributed by atoms with van der Waals surface area (Å²) in [6, 6.07) is 1.95. The Labute approximate surface area is 88.3 Å². The highest BCUT2D eigenvalue weighted by Crippen LogP contribution is 2.17. The molecule has 1 aliphatic heterocycles. The van der Waals surface area contributed by atoms with Crippen molar-refractivity contribution < 1.29 is 0 Å². The molecule has 3 N–H and O–H groups in total. The summed E-state index contributed by atoms with van der Waals surface area (Å²) >= 11 is 0. The van der Waals surface area contributed by atoms with Crippen molar-refractivity contribution in [2.45, 2.75) is 25.9 Å². The predicted octanol–water partition coefficient (Wildman–Crippen LogP) is -0.389. The van der Waals surface area contributed by atoms with Crippen LogP contribution in [0.3, 0.4) is 0 Å². The van der Waals surface area contributed by atoms with Crippen LogP contribution < -0.4 is 11.3 Å². The molecular weight excluding hydrogens is 192 g/mol. The fourth-order valence-electron chi connectivity index (χ4n) is 1.88. The van der Waals surface area contributed by atoms with Gasteiger partial charge in [-0.1, -0.05) is 0 Å². The van der Waals surface area contributed by atoms with Crippen molar-refractivity contribution in [2.75, 3.05) is 13.1 Å². The molecule has 0 spiro atoms. The lowest BCUT2D eigenvalue weighted by Crippen LogP contribution is -2.51. The molecule has 0 radical (unpaired) electrons. The van der Waals surface area contributed by atoms with Crippen LogP contribution in [0.4, 0.5) is 0 Å². The van der Waals surface area contributed by atoms with Gasteiger partial charge in [0.2, 0.25) is 0 Å². The summed E-state index contributed by atoms with van der Waals surface area (Å²) in [6.07, 6.45) is 1.15. The van der Waals surface area contributed by atoms with Gasteiger partial charge in [0.25, 0.3) is 5.56 Å². The molecule has 5 nitrogen and oxygen atoms in total. The van der Waals surface area contributed by atoms with Gasteiger partial charge in [-0.2, -0.15) is 0 Å². The highest BCUT2D eigenvalue weighted by molar-refractivity contribution is 5.01. The molecule has 0 aliphatic carbocycles. The third kappa shape index (κ3) is 2.24. The Hall–Kier alpha value is -1.20. The van der Waals surface area contributed by atoms with E-state index in [2.05, 4.69) is 14.9 Å². The van der Waals surface area contributed by atoms with Crippen molar-refractivity contribution in [3.8, 4) is 0 Å². The van der Waals surface area contributed by atoms with Crippen LogP contribution >= 0.6 is 0 Å². The normalized spacial score (nSPS) is 21.3. The molecule has 2 rings (SSSR count). The lowest BCUT2D eigenvalue weighted by atomic mass is 10.0. The Morgan fingerprint density at radius 1 is 1.73 bits per heavy atom. The smallest absolute Gasteiger partial charge is 0.251 e. The monoisotopic (exact) mass is 208 g/mol. The van der Waals surface area contributed by atoms with Crippen molar-refractivity contribution in [2.24, 2.45) is 5.73 Å². The van der Waals surface area contributed by atoms with Crippen molar-refractivity contribution in [3.05, 3.63) is 27.9 Å². The summed E-state index contributed by atoms with van der Waals surface area (Å²) in [4.78, 5) is 20.5. The molecule has 0 saturated carbocycles. The third-order valence-electron chi connectivity index (χ3n) is 2.81. The number of aryl methyl sites for hydroxylation is 1. The van der Waals surface area contributed by atoms with Crippen LogP contribution in [-0.2, 0) is 6.54 Å². The molecular formula is C10H16N4O. The summed E-state index contributed by atoms with van der Waals surface area (Å²) in [5.74, 6) is 0.734. The number of H-pyrrole nitrogens is 1. The summed E-state index contributed by atoms with van der Waals surface area (Å²) < 4.78 is 0. The molecule has 0 bridgehead atoms. The van der Waals surface area contributed by atoms with Crippen LogP contribution in [-0.4, -0.2) is 34.0 Å². The molecule has 15 heavy (non-hydrogen) atoms. The molecule has 1 aliphatic rings. The van der Waals surface area contributed by atoms with Crippen LogP contribution in [0.5, 0.6) is 0 Å². The van der Waals surface area contributed by atoms with Crippen LogP contribution in [0, 0.1) is 6.92 Å². The number of nitrogens with two attached hydrogens (primary N) is 1. The zero-order chi connectivity index (χ0) is 10.8. The van der Waals surface area contributed by atoms with Gasteiger partial charge in [-0.15, -0.1) is 0 Å². The molecule has 1 atom stereocenters. The average molecular weight is 208 g/mol. The number of nitrogens with zero attached hydrogens (tertiary/aromatic N) is 2. The molecule has 1 aromatic rings. The van der Waals surface area contributed by atoms with E-state index < -0.39 is 0 Å². The Balaban J connectivity index is 2.07. The lowest BCUT2D eigenvalue weighted by molar-refractivity contribution is 0.0849. The van der Waals surface area contributed by atoms with Crippen molar-refractivity contribution >= 4 is 0 Å². The summed E-state index contributed by atoms with van der Waals surface area (Å²) in [5, 5.41) is 0. The largest absolute Gasteiger partial charge is 0.329 e. The van der Waals surface area contributed by atoms with Gasteiger partial charge in [0.15, 0.2) is 0 Å². The Morgan fingerprint density at radius 3 is 3.07 bits per heavy atom. The predicted molar refractivity (Wildman–Crippen MR) is 57.5 cm³/mol. The molecule has 1 fully saturated rings. The van der Waals surface area contributed by atoms with E-state index in [0.29, 0.717) is 19.1 Å². The van der Waals surface area contributed by atoms with Gasteiger partial charge in [0.1, 0.15) is 5.82 Å². The van der Waals surface area contributed by atoms with Crippen molar-refractivity contribution in [1.29, 1.82) is 0 Å². The molecule has 5 heteroatoms. The number of nitrogens with one attached hydrogen (secondary N) is 1. The quantitative estimate of drug-likeness (QED) is 0.709. The Morgan fingerprint density at radius 2 is 2.53 bits per heavy atom. The van der Waals surface area contributed by atoms with Crippen LogP contribution in [0.2, 0.25) is 0 Å². The Kier molecular flexibility index (Phi) is 2.83. The summed E-state index contributed by atoms with van der Waals surface area (Å²) in [6.45, 7) is 4.24. The van der Waals surface area contributed by atoms with Gasteiger partial charge >= 0.3 is 0 Å². The van der Waals surface area contributed by atoms with Crippen LogP contribution in [0.15, 0.2) is 10.9 Å². The zero-order valence-electron chi connectivity index (χ0n) is 8.86. The second kappa shape index (κ2) is 4.12. The maximum Gasteiger partial charge on any atom is 0.251 e. The first-order valence-electron chi connectivity index (χ1n) is 5.20. The third-order valence-corrected chi connectivity index (χ3v) is 2.81. The number of aromatic amines is 1. The average Bonchev–Trinajstić information content (AvgIpc) is 2.12. The van der Waals surface area contributed by atoms with Gasteiger partial charge < -0.3 is 10.7 Å². The van der Waals surface area contributed by atoms with E-state index in [4.69, 9.17) is 5.73 Å². The highest BCUT2D eigenvalue weighted by Gasteiger charge is 2.26.